The fourth-order valence-electron chi connectivity index (χ4n) is 3.21. The molecule has 0 unspecified atom stereocenters. The van der Waals surface area contributed by atoms with E-state index < -0.39 is 11.8 Å². The van der Waals surface area contributed by atoms with Crippen molar-refractivity contribution in [3.05, 3.63) is 51.1 Å². The number of furan rings is 1. The molecule has 2 amide bonds. The van der Waals surface area contributed by atoms with Crippen LogP contribution in [0.3, 0.4) is 0 Å². The summed E-state index contributed by atoms with van der Waals surface area (Å²) in [4.78, 5) is 25.6. The fraction of sp³-hybridized carbons (Fsp3) is 0.222. The number of benzene rings is 1. The number of primary amides is 1. The number of amides is 2. The van der Waals surface area contributed by atoms with Gasteiger partial charge >= 0.3 is 0 Å². The summed E-state index contributed by atoms with van der Waals surface area (Å²) in [6.07, 6.45) is 3.85. The van der Waals surface area contributed by atoms with Gasteiger partial charge in [0.2, 0.25) is 0 Å². The average molecular weight is 375 g/mol. The van der Waals surface area contributed by atoms with E-state index in [1.54, 1.807) is 24.3 Å². The molecule has 25 heavy (non-hydrogen) atoms. The Labute approximate surface area is 152 Å². The topological polar surface area (TPSA) is 85.3 Å². The van der Waals surface area contributed by atoms with Crippen molar-refractivity contribution in [2.24, 2.45) is 5.73 Å². The summed E-state index contributed by atoms with van der Waals surface area (Å²) < 4.78 is 5.58. The molecule has 2 heterocycles. The van der Waals surface area contributed by atoms with Crippen LogP contribution in [0, 0.1) is 0 Å². The van der Waals surface area contributed by atoms with Gasteiger partial charge in [0.05, 0.1) is 5.56 Å². The number of carbonyl (C=O) groups is 2. The lowest BCUT2D eigenvalue weighted by atomic mass is 9.95. The Balaban J connectivity index is 1.68. The third kappa shape index (κ3) is 2.92. The van der Waals surface area contributed by atoms with Gasteiger partial charge in [-0.2, -0.15) is 0 Å². The summed E-state index contributed by atoms with van der Waals surface area (Å²) in [5.74, 6) is -0.751. The summed E-state index contributed by atoms with van der Waals surface area (Å²) in [6, 6.07) is 6.78. The third-order valence-corrected chi connectivity index (χ3v) is 5.79. The quantitative estimate of drug-likeness (QED) is 0.713. The smallest absolute Gasteiger partial charge is 0.292 e. The normalized spacial score (nSPS) is 13.6. The lowest BCUT2D eigenvalue weighted by molar-refractivity contribution is 0.0999. The molecule has 0 bridgehead atoms. The predicted octanol–water partition coefficient (Wildman–Crippen LogP) is 4.38. The van der Waals surface area contributed by atoms with Crippen LogP contribution in [0.1, 0.15) is 44.2 Å². The number of fused-ring (bicyclic) bond motifs is 2. The van der Waals surface area contributed by atoms with E-state index in [4.69, 9.17) is 21.8 Å². The molecular formula is C18H15ClN2O3S. The molecule has 0 atom stereocenters. The van der Waals surface area contributed by atoms with Crippen molar-refractivity contribution < 1.29 is 14.0 Å². The molecule has 1 aromatic carbocycles. The monoisotopic (exact) mass is 374 g/mol. The van der Waals surface area contributed by atoms with Crippen LogP contribution < -0.4 is 11.1 Å². The zero-order valence-electron chi connectivity index (χ0n) is 13.2. The standard InChI is InChI=1S/C18H15ClN2O3S/c19-10-5-6-12-9(7-10)8-13(24-12)17(23)21-18-15(16(20)22)11-3-1-2-4-14(11)25-18/h5-8H,1-4H2,(H2,20,22)(H,21,23). The summed E-state index contributed by atoms with van der Waals surface area (Å²) in [5, 5.41) is 4.62. The lowest BCUT2D eigenvalue weighted by Gasteiger charge is -2.11. The number of anilines is 1. The average Bonchev–Trinajstić information content (AvgIpc) is 3.14. The summed E-state index contributed by atoms with van der Waals surface area (Å²) in [5.41, 5.74) is 7.55. The molecule has 1 aliphatic carbocycles. The molecular weight excluding hydrogens is 360 g/mol. The van der Waals surface area contributed by atoms with Crippen LogP contribution in [0.5, 0.6) is 0 Å². The van der Waals surface area contributed by atoms with Crippen molar-refractivity contribution in [3.63, 3.8) is 0 Å². The number of hydrogen-bond acceptors (Lipinski definition) is 4. The van der Waals surface area contributed by atoms with Gasteiger partial charge in [-0.25, -0.2) is 0 Å². The molecule has 3 N–H and O–H groups in total. The number of nitrogens with two attached hydrogens (primary N) is 1. The Morgan fingerprint density at radius 2 is 2.00 bits per heavy atom. The Kier molecular flexibility index (Phi) is 4.01. The maximum absolute atomic E-state index is 12.6. The number of hydrogen-bond donors (Lipinski definition) is 2. The third-order valence-electron chi connectivity index (χ3n) is 4.35. The van der Waals surface area contributed by atoms with E-state index in [1.807, 2.05) is 0 Å². The highest BCUT2D eigenvalue weighted by molar-refractivity contribution is 7.17. The van der Waals surface area contributed by atoms with Crippen molar-refractivity contribution in [1.82, 2.24) is 0 Å². The van der Waals surface area contributed by atoms with E-state index in [0.717, 1.165) is 41.5 Å². The summed E-state index contributed by atoms with van der Waals surface area (Å²) in [7, 11) is 0. The first-order chi connectivity index (χ1) is 12.0. The number of carbonyl (C=O) groups excluding carboxylic acids is 2. The van der Waals surface area contributed by atoms with Gasteiger partial charge in [0.25, 0.3) is 11.8 Å². The molecule has 3 aromatic rings. The first kappa shape index (κ1) is 16.2. The molecule has 0 saturated heterocycles. The second-order valence-corrected chi connectivity index (χ2v) is 7.57. The van der Waals surface area contributed by atoms with Gasteiger partial charge in [0.1, 0.15) is 10.6 Å². The van der Waals surface area contributed by atoms with Crippen LogP contribution in [0.2, 0.25) is 5.02 Å². The fourth-order valence-corrected chi connectivity index (χ4v) is 4.68. The second kappa shape index (κ2) is 6.20. The van der Waals surface area contributed by atoms with Gasteiger partial charge in [0, 0.05) is 15.3 Å². The van der Waals surface area contributed by atoms with E-state index in [2.05, 4.69) is 5.32 Å². The molecule has 7 heteroatoms. The molecule has 0 aliphatic heterocycles. The summed E-state index contributed by atoms with van der Waals surface area (Å²) >= 11 is 7.39. The number of thiophene rings is 1. The van der Waals surface area contributed by atoms with E-state index in [0.29, 0.717) is 21.2 Å². The zero-order valence-corrected chi connectivity index (χ0v) is 14.8. The number of nitrogens with one attached hydrogen (secondary N) is 1. The molecule has 1 aliphatic rings. The lowest BCUT2D eigenvalue weighted by Crippen LogP contribution is -2.18. The largest absolute Gasteiger partial charge is 0.451 e. The minimum atomic E-state index is -0.508. The first-order valence-corrected chi connectivity index (χ1v) is 9.17. The van der Waals surface area contributed by atoms with Crippen LogP contribution in [0.15, 0.2) is 28.7 Å². The van der Waals surface area contributed by atoms with Gasteiger partial charge in [-0.05, 0) is 55.5 Å². The van der Waals surface area contributed by atoms with Crippen LogP contribution >= 0.6 is 22.9 Å². The van der Waals surface area contributed by atoms with Crippen molar-refractivity contribution in [2.75, 3.05) is 5.32 Å². The maximum Gasteiger partial charge on any atom is 0.292 e. The molecule has 5 nitrogen and oxygen atoms in total. The van der Waals surface area contributed by atoms with E-state index in [1.165, 1.54) is 11.3 Å². The van der Waals surface area contributed by atoms with Gasteiger partial charge in [0.15, 0.2) is 5.76 Å². The molecule has 4 rings (SSSR count). The number of rotatable bonds is 3. The van der Waals surface area contributed by atoms with Crippen molar-refractivity contribution in [2.45, 2.75) is 25.7 Å². The molecule has 128 valence electrons. The van der Waals surface area contributed by atoms with Gasteiger partial charge < -0.3 is 15.5 Å². The molecule has 0 spiro atoms. The Morgan fingerprint density at radius 3 is 2.80 bits per heavy atom. The van der Waals surface area contributed by atoms with Crippen LogP contribution in [-0.4, -0.2) is 11.8 Å². The van der Waals surface area contributed by atoms with Crippen molar-refractivity contribution in [3.8, 4) is 0 Å². The maximum atomic E-state index is 12.6. The minimum Gasteiger partial charge on any atom is -0.451 e. The highest BCUT2D eigenvalue weighted by atomic mass is 35.5. The molecule has 0 saturated carbocycles. The highest BCUT2D eigenvalue weighted by Gasteiger charge is 2.25. The minimum absolute atomic E-state index is 0.166. The molecule has 2 aromatic heterocycles. The van der Waals surface area contributed by atoms with E-state index >= 15 is 0 Å². The second-order valence-electron chi connectivity index (χ2n) is 6.03. The Hall–Kier alpha value is -2.31. The molecule has 0 radical (unpaired) electrons. The SMILES string of the molecule is NC(=O)c1c(NC(=O)c2cc3cc(Cl)ccc3o2)sc2c1CCCC2. The molecule has 0 fully saturated rings. The number of halogens is 1. The van der Waals surface area contributed by atoms with Crippen LogP contribution in [0.25, 0.3) is 11.0 Å². The Morgan fingerprint density at radius 1 is 1.20 bits per heavy atom. The number of aryl methyl sites for hydroxylation is 1. The van der Waals surface area contributed by atoms with Crippen molar-refractivity contribution in [1.29, 1.82) is 0 Å². The van der Waals surface area contributed by atoms with E-state index in [9.17, 15) is 9.59 Å². The van der Waals surface area contributed by atoms with Gasteiger partial charge in [-0.15, -0.1) is 11.3 Å². The van der Waals surface area contributed by atoms with Crippen LogP contribution in [0.4, 0.5) is 5.00 Å². The predicted molar refractivity (Wildman–Crippen MR) is 98.7 cm³/mol. The van der Waals surface area contributed by atoms with Crippen molar-refractivity contribution >= 4 is 50.7 Å². The van der Waals surface area contributed by atoms with E-state index in [-0.39, 0.29) is 5.76 Å². The first-order valence-electron chi connectivity index (χ1n) is 7.97. The summed E-state index contributed by atoms with van der Waals surface area (Å²) in [6.45, 7) is 0. The van der Waals surface area contributed by atoms with Gasteiger partial charge in [-0.3, -0.25) is 9.59 Å². The van der Waals surface area contributed by atoms with Gasteiger partial charge in [-0.1, -0.05) is 11.6 Å². The van der Waals surface area contributed by atoms with Crippen LogP contribution in [-0.2, 0) is 12.8 Å². The zero-order chi connectivity index (χ0) is 17.6. The highest BCUT2D eigenvalue weighted by Crippen LogP contribution is 2.38. The Bertz CT molecular complexity index is 1010.